The molecule has 0 amide bonds. The van der Waals surface area contributed by atoms with Gasteiger partial charge in [-0.1, -0.05) is 18.3 Å². The van der Waals surface area contributed by atoms with E-state index in [1.165, 1.54) is 0 Å². The Hall–Kier alpha value is -1.17. The van der Waals surface area contributed by atoms with Crippen LogP contribution in [0.2, 0.25) is 0 Å². The van der Waals surface area contributed by atoms with E-state index >= 15 is 0 Å². The summed E-state index contributed by atoms with van der Waals surface area (Å²) in [5.41, 5.74) is 7.03. The number of hydrogen-bond acceptors (Lipinski definition) is 4. The molecule has 19 heavy (non-hydrogen) atoms. The minimum atomic E-state index is -0.571. The van der Waals surface area contributed by atoms with Gasteiger partial charge in [0.2, 0.25) is 0 Å². The molecule has 4 nitrogen and oxygen atoms in total. The van der Waals surface area contributed by atoms with Gasteiger partial charge in [-0.25, -0.2) is 0 Å². The van der Waals surface area contributed by atoms with Gasteiger partial charge in [-0.2, -0.15) is 0 Å². The Bertz CT molecular complexity index is 488. The van der Waals surface area contributed by atoms with Crippen LogP contribution in [0.1, 0.15) is 24.5 Å². The van der Waals surface area contributed by atoms with E-state index in [2.05, 4.69) is 4.90 Å². The number of nitrogens with zero attached hydrogens (tertiary/aromatic N) is 1. The summed E-state index contributed by atoms with van der Waals surface area (Å²) in [6.07, 6.45) is 0.811. The van der Waals surface area contributed by atoms with E-state index in [-0.39, 0.29) is 0 Å². The summed E-state index contributed by atoms with van der Waals surface area (Å²) in [6, 6.07) is 5.86. The quantitative estimate of drug-likeness (QED) is 0.814. The van der Waals surface area contributed by atoms with Crippen LogP contribution in [0.25, 0.3) is 0 Å². The first-order valence-corrected chi connectivity index (χ1v) is 6.73. The Morgan fingerprint density at radius 3 is 2.84 bits per heavy atom. The van der Waals surface area contributed by atoms with Gasteiger partial charge < -0.3 is 15.6 Å². The summed E-state index contributed by atoms with van der Waals surface area (Å²) in [4.78, 5) is 2.57. The molecule has 1 unspecified atom stereocenters. The van der Waals surface area contributed by atoms with E-state index in [1.54, 1.807) is 7.11 Å². The van der Waals surface area contributed by atoms with Crippen LogP contribution < -0.4 is 10.5 Å². The average molecular weight is 280 g/mol. The monoisotopic (exact) mass is 280 g/mol. The van der Waals surface area contributed by atoms with Crippen LogP contribution >= 0.6 is 12.2 Å². The van der Waals surface area contributed by atoms with E-state index in [1.807, 2.05) is 25.1 Å². The molecule has 1 aliphatic rings. The fourth-order valence-corrected chi connectivity index (χ4v) is 2.64. The molecule has 0 aromatic heterocycles. The van der Waals surface area contributed by atoms with E-state index in [9.17, 15) is 5.11 Å². The molecule has 0 radical (unpaired) electrons. The zero-order chi connectivity index (χ0) is 14.0. The fraction of sp³-hybridized carbons (Fsp3) is 0.500. The number of β-amino-alcohol motifs (C(OH)–C–C–N with tert-alkyl or cyclic N) is 1. The zero-order valence-electron chi connectivity index (χ0n) is 11.3. The number of aliphatic hydroxyl groups is 1. The maximum absolute atomic E-state index is 9.97. The molecule has 0 bridgehead atoms. The predicted octanol–water partition coefficient (Wildman–Crippen LogP) is 1.29. The van der Waals surface area contributed by atoms with Crippen LogP contribution in [-0.4, -0.2) is 40.8 Å². The van der Waals surface area contributed by atoms with Gasteiger partial charge in [-0.3, -0.25) is 4.90 Å². The second-order valence-corrected chi connectivity index (χ2v) is 5.80. The molecule has 1 aromatic rings. The van der Waals surface area contributed by atoms with Crippen molar-refractivity contribution in [2.45, 2.75) is 25.5 Å². The fourth-order valence-electron chi connectivity index (χ4n) is 2.48. The molecule has 1 atom stereocenters. The van der Waals surface area contributed by atoms with Crippen LogP contribution in [-0.2, 0) is 6.54 Å². The highest BCUT2D eigenvalue weighted by atomic mass is 32.1. The van der Waals surface area contributed by atoms with Crippen LogP contribution in [0.4, 0.5) is 0 Å². The van der Waals surface area contributed by atoms with Crippen molar-refractivity contribution in [2.75, 3.05) is 20.2 Å². The van der Waals surface area contributed by atoms with Gasteiger partial charge in [-0.05, 0) is 31.0 Å². The molecule has 104 valence electrons. The SMILES string of the molecule is COc1ccc(CN2CCC(C)(O)C2)cc1C(N)=S. The molecule has 1 aromatic carbocycles. The summed E-state index contributed by atoms with van der Waals surface area (Å²) < 4.78 is 5.24. The van der Waals surface area contributed by atoms with Gasteiger partial charge in [0.05, 0.1) is 18.3 Å². The third-order valence-corrected chi connectivity index (χ3v) is 3.69. The number of methoxy groups -OCH3 is 1. The Labute approximate surface area is 119 Å². The van der Waals surface area contributed by atoms with Gasteiger partial charge in [0.1, 0.15) is 10.7 Å². The van der Waals surface area contributed by atoms with Crippen LogP contribution in [0.3, 0.4) is 0 Å². The normalized spacial score (nSPS) is 23.5. The second-order valence-electron chi connectivity index (χ2n) is 5.36. The summed E-state index contributed by atoms with van der Waals surface area (Å²) in [6.45, 7) is 4.26. The minimum Gasteiger partial charge on any atom is -0.496 e. The van der Waals surface area contributed by atoms with E-state index in [0.29, 0.717) is 17.3 Å². The maximum atomic E-state index is 9.97. The van der Waals surface area contributed by atoms with Gasteiger partial charge >= 0.3 is 0 Å². The zero-order valence-corrected chi connectivity index (χ0v) is 12.2. The smallest absolute Gasteiger partial charge is 0.129 e. The molecule has 2 rings (SSSR count). The summed E-state index contributed by atoms with van der Waals surface area (Å²) in [5, 5.41) is 9.97. The Kier molecular flexibility index (Phi) is 4.08. The van der Waals surface area contributed by atoms with Crippen molar-refractivity contribution >= 4 is 17.2 Å². The minimum absolute atomic E-state index is 0.340. The highest BCUT2D eigenvalue weighted by Crippen LogP contribution is 2.24. The molecule has 1 fully saturated rings. The molecule has 1 saturated heterocycles. The first-order valence-electron chi connectivity index (χ1n) is 6.33. The topological polar surface area (TPSA) is 58.7 Å². The number of nitrogens with two attached hydrogens (primary N) is 1. The van der Waals surface area contributed by atoms with Crippen molar-refractivity contribution in [2.24, 2.45) is 5.73 Å². The highest BCUT2D eigenvalue weighted by Gasteiger charge is 2.31. The molecule has 0 saturated carbocycles. The van der Waals surface area contributed by atoms with Gasteiger partial charge in [0, 0.05) is 19.6 Å². The van der Waals surface area contributed by atoms with Crippen molar-refractivity contribution in [3.8, 4) is 5.75 Å². The second kappa shape index (κ2) is 5.45. The largest absolute Gasteiger partial charge is 0.496 e. The molecule has 3 N–H and O–H groups in total. The van der Waals surface area contributed by atoms with Crippen molar-refractivity contribution in [3.63, 3.8) is 0 Å². The average Bonchev–Trinajstić information content (AvgIpc) is 2.68. The molecule has 0 aliphatic carbocycles. The number of hydrogen-bond donors (Lipinski definition) is 2. The van der Waals surface area contributed by atoms with Crippen LogP contribution in [0.15, 0.2) is 18.2 Å². The maximum Gasteiger partial charge on any atom is 0.129 e. The van der Waals surface area contributed by atoms with Gasteiger partial charge in [-0.15, -0.1) is 0 Å². The Balaban J connectivity index is 2.13. The van der Waals surface area contributed by atoms with Gasteiger partial charge in [0.15, 0.2) is 0 Å². The molecule has 1 heterocycles. The lowest BCUT2D eigenvalue weighted by Crippen LogP contribution is -2.29. The number of rotatable bonds is 4. The standard InChI is InChI=1S/C14H20N2O2S/c1-14(17)5-6-16(9-14)8-10-3-4-12(18-2)11(7-10)13(15)19/h3-4,7,17H,5-6,8-9H2,1-2H3,(H2,15,19). The van der Waals surface area contributed by atoms with Gasteiger partial charge in [0.25, 0.3) is 0 Å². The summed E-state index contributed by atoms with van der Waals surface area (Å²) in [7, 11) is 1.61. The molecular formula is C14H20N2O2S. The van der Waals surface area contributed by atoms with Crippen molar-refractivity contribution in [1.82, 2.24) is 4.90 Å². The molecular weight excluding hydrogens is 260 g/mol. The summed E-state index contributed by atoms with van der Waals surface area (Å²) in [5.74, 6) is 0.699. The summed E-state index contributed by atoms with van der Waals surface area (Å²) >= 11 is 5.04. The number of thiocarbonyl (C=S) groups is 1. The Morgan fingerprint density at radius 2 is 2.32 bits per heavy atom. The number of ether oxygens (including phenoxy) is 1. The third-order valence-electron chi connectivity index (χ3n) is 3.47. The Morgan fingerprint density at radius 1 is 1.58 bits per heavy atom. The number of likely N-dealkylation sites (tertiary alicyclic amines) is 1. The van der Waals surface area contributed by atoms with E-state index in [0.717, 1.165) is 30.6 Å². The number of benzene rings is 1. The third kappa shape index (κ3) is 3.43. The lowest BCUT2D eigenvalue weighted by Gasteiger charge is -2.19. The first kappa shape index (κ1) is 14.2. The van der Waals surface area contributed by atoms with Crippen molar-refractivity contribution in [1.29, 1.82) is 0 Å². The van der Waals surface area contributed by atoms with Crippen molar-refractivity contribution in [3.05, 3.63) is 29.3 Å². The first-order chi connectivity index (χ1) is 8.91. The lowest BCUT2D eigenvalue weighted by atomic mass is 10.1. The highest BCUT2D eigenvalue weighted by molar-refractivity contribution is 7.80. The molecule has 1 aliphatic heterocycles. The molecule has 0 spiro atoms. The molecule has 5 heteroatoms. The van der Waals surface area contributed by atoms with E-state index in [4.69, 9.17) is 22.7 Å². The van der Waals surface area contributed by atoms with E-state index < -0.39 is 5.60 Å². The van der Waals surface area contributed by atoms with Crippen LogP contribution in [0, 0.1) is 0 Å². The predicted molar refractivity (Wildman–Crippen MR) is 79.4 cm³/mol. The van der Waals surface area contributed by atoms with Crippen LogP contribution in [0.5, 0.6) is 5.75 Å². The lowest BCUT2D eigenvalue weighted by molar-refractivity contribution is 0.0679. The van der Waals surface area contributed by atoms with Crippen molar-refractivity contribution < 1.29 is 9.84 Å².